The molecular weight excluding hydrogens is 526 g/mol. The summed E-state index contributed by atoms with van der Waals surface area (Å²) < 4.78 is 29.6. The minimum absolute atomic E-state index is 0.0304. The van der Waals surface area contributed by atoms with Gasteiger partial charge in [0.1, 0.15) is 11.8 Å². The number of carbonyl (C=O) groups excluding carboxylic acids is 2. The van der Waals surface area contributed by atoms with Gasteiger partial charge in [-0.1, -0.05) is 24.3 Å². The van der Waals surface area contributed by atoms with Crippen LogP contribution in [0.15, 0.2) is 70.7 Å². The van der Waals surface area contributed by atoms with Crippen LogP contribution in [0.2, 0.25) is 0 Å². The third kappa shape index (κ3) is 9.07. The highest BCUT2D eigenvalue weighted by atomic mass is 32.2. The van der Waals surface area contributed by atoms with Gasteiger partial charge >= 0.3 is 18.1 Å². The van der Waals surface area contributed by atoms with Crippen molar-refractivity contribution in [2.45, 2.75) is 19.4 Å². The highest BCUT2D eigenvalue weighted by Crippen LogP contribution is 2.20. The van der Waals surface area contributed by atoms with Crippen LogP contribution < -0.4 is 26.0 Å². The maximum atomic E-state index is 12.2. The minimum Gasteiger partial charge on any atom is -0.480 e. The predicted molar refractivity (Wildman–Crippen MR) is 146 cm³/mol. The number of aryl methyl sites for hydroxylation is 1. The van der Waals surface area contributed by atoms with Gasteiger partial charge in [-0.05, 0) is 42.3 Å². The van der Waals surface area contributed by atoms with Crippen molar-refractivity contribution >= 4 is 33.6 Å². The number of rotatable bonds is 11. The van der Waals surface area contributed by atoms with Crippen LogP contribution in [0.1, 0.15) is 11.1 Å². The number of nitrogens with zero attached hydrogens (tertiary/aromatic N) is 1. The summed E-state index contributed by atoms with van der Waals surface area (Å²) in [5, 5.41) is 22.8. The number of sulfone groups is 1. The second kappa shape index (κ2) is 12.8. The van der Waals surface area contributed by atoms with E-state index in [1.165, 1.54) is 4.90 Å². The molecule has 208 valence electrons. The van der Waals surface area contributed by atoms with E-state index in [0.717, 1.165) is 16.4 Å². The SMILES string of the molecule is Cc1cccc(NC(=O)NCCNC2=CS(=O)(=O)C=C2NC(Cc2ccc(OC(=O)N(C)C)cc2)C(=O)O)c1. The van der Waals surface area contributed by atoms with Crippen LogP contribution in [0.5, 0.6) is 5.75 Å². The zero-order valence-corrected chi connectivity index (χ0v) is 22.5. The van der Waals surface area contributed by atoms with Gasteiger partial charge in [0.25, 0.3) is 0 Å². The monoisotopic (exact) mass is 557 g/mol. The van der Waals surface area contributed by atoms with E-state index in [9.17, 15) is 27.9 Å². The Morgan fingerprint density at radius 1 is 1.00 bits per heavy atom. The Balaban J connectivity index is 1.55. The molecule has 2 aromatic carbocycles. The molecule has 0 saturated carbocycles. The van der Waals surface area contributed by atoms with Crippen LogP contribution >= 0.6 is 0 Å². The number of aliphatic carboxylic acids is 1. The minimum atomic E-state index is -3.71. The summed E-state index contributed by atoms with van der Waals surface area (Å²) in [7, 11) is -0.604. The number of ether oxygens (including phenoxy) is 1. The van der Waals surface area contributed by atoms with E-state index in [2.05, 4.69) is 21.3 Å². The molecule has 0 spiro atoms. The summed E-state index contributed by atoms with van der Waals surface area (Å²) in [6.45, 7) is 2.27. The van der Waals surface area contributed by atoms with Crippen molar-refractivity contribution in [1.29, 1.82) is 0 Å². The number of urea groups is 1. The van der Waals surface area contributed by atoms with Crippen LogP contribution in [-0.2, 0) is 21.1 Å². The molecule has 0 aliphatic carbocycles. The van der Waals surface area contributed by atoms with E-state index in [1.54, 1.807) is 44.4 Å². The fourth-order valence-electron chi connectivity index (χ4n) is 3.52. The first-order valence-electron chi connectivity index (χ1n) is 11.9. The fourth-order valence-corrected chi connectivity index (χ4v) is 4.65. The highest BCUT2D eigenvalue weighted by Gasteiger charge is 2.26. The molecule has 0 fully saturated rings. The molecule has 12 nitrogen and oxygen atoms in total. The Kier molecular flexibility index (Phi) is 9.55. The molecule has 2 aromatic rings. The van der Waals surface area contributed by atoms with E-state index in [1.807, 2.05) is 25.1 Å². The van der Waals surface area contributed by atoms with Crippen LogP contribution in [-0.4, -0.2) is 69.7 Å². The van der Waals surface area contributed by atoms with Gasteiger partial charge < -0.3 is 36.0 Å². The van der Waals surface area contributed by atoms with Crippen molar-refractivity contribution in [2.75, 3.05) is 32.5 Å². The molecule has 0 saturated heterocycles. The molecule has 1 unspecified atom stereocenters. The summed E-state index contributed by atoms with van der Waals surface area (Å²) in [5.74, 6) is -0.880. The van der Waals surface area contributed by atoms with Crippen molar-refractivity contribution in [2.24, 2.45) is 0 Å². The molecule has 1 aliphatic heterocycles. The number of carboxylic acids is 1. The lowest BCUT2D eigenvalue weighted by Crippen LogP contribution is -2.40. The number of hydrogen-bond donors (Lipinski definition) is 5. The zero-order chi connectivity index (χ0) is 28.6. The normalized spacial score (nSPS) is 14.3. The Bertz CT molecular complexity index is 1390. The lowest BCUT2D eigenvalue weighted by Gasteiger charge is -2.19. The number of anilines is 1. The average Bonchev–Trinajstić information content (AvgIpc) is 3.15. The predicted octanol–water partition coefficient (Wildman–Crippen LogP) is 2.16. The lowest BCUT2D eigenvalue weighted by molar-refractivity contribution is -0.139. The summed E-state index contributed by atoms with van der Waals surface area (Å²) in [4.78, 5) is 37.0. The summed E-state index contributed by atoms with van der Waals surface area (Å²) in [5.41, 5.74) is 2.56. The van der Waals surface area contributed by atoms with Gasteiger partial charge in [0, 0.05) is 39.3 Å². The van der Waals surface area contributed by atoms with Gasteiger partial charge in [-0.2, -0.15) is 0 Å². The van der Waals surface area contributed by atoms with Crippen LogP contribution in [0, 0.1) is 6.92 Å². The molecule has 1 atom stereocenters. The van der Waals surface area contributed by atoms with Gasteiger partial charge in [0.2, 0.25) is 0 Å². The second-order valence-electron chi connectivity index (χ2n) is 8.97. The number of amides is 3. The van der Waals surface area contributed by atoms with Gasteiger partial charge in [-0.25, -0.2) is 22.8 Å². The number of nitrogens with one attached hydrogen (secondary N) is 4. The first kappa shape index (κ1) is 29.0. The van der Waals surface area contributed by atoms with E-state index in [0.29, 0.717) is 17.0 Å². The van der Waals surface area contributed by atoms with Crippen LogP contribution in [0.3, 0.4) is 0 Å². The molecule has 0 radical (unpaired) electrons. The van der Waals surface area contributed by atoms with E-state index >= 15 is 0 Å². The zero-order valence-electron chi connectivity index (χ0n) is 21.7. The number of carbonyl (C=O) groups is 3. The molecule has 5 N–H and O–H groups in total. The van der Waals surface area contributed by atoms with Crippen LogP contribution in [0.4, 0.5) is 15.3 Å². The van der Waals surface area contributed by atoms with Gasteiger partial charge in [0.15, 0.2) is 9.84 Å². The van der Waals surface area contributed by atoms with Gasteiger partial charge in [0.05, 0.1) is 22.2 Å². The third-order valence-corrected chi connectivity index (χ3v) is 6.55. The van der Waals surface area contributed by atoms with E-state index in [4.69, 9.17) is 4.74 Å². The Morgan fingerprint density at radius 3 is 2.33 bits per heavy atom. The van der Waals surface area contributed by atoms with Crippen molar-refractivity contribution < 1.29 is 32.6 Å². The molecule has 1 heterocycles. The Labute approximate surface area is 226 Å². The van der Waals surface area contributed by atoms with Crippen molar-refractivity contribution in [1.82, 2.24) is 20.9 Å². The third-order valence-electron chi connectivity index (χ3n) is 5.42. The highest BCUT2D eigenvalue weighted by molar-refractivity contribution is 7.97. The average molecular weight is 558 g/mol. The number of hydrogen-bond acceptors (Lipinski definition) is 8. The van der Waals surface area contributed by atoms with Gasteiger partial charge in [-0.3, -0.25) is 0 Å². The Morgan fingerprint density at radius 2 is 1.69 bits per heavy atom. The quantitative estimate of drug-likeness (QED) is 0.260. The fraction of sp³-hybridized carbons (Fsp3) is 0.269. The van der Waals surface area contributed by atoms with Gasteiger partial charge in [-0.15, -0.1) is 0 Å². The summed E-state index contributed by atoms with van der Waals surface area (Å²) in [6, 6.07) is 12.1. The molecule has 1 aliphatic rings. The lowest BCUT2D eigenvalue weighted by atomic mass is 10.1. The first-order chi connectivity index (χ1) is 18.4. The number of carboxylic acid groups (broad SMARTS) is 1. The molecule has 3 amide bonds. The summed E-state index contributed by atoms with van der Waals surface area (Å²) in [6.07, 6.45) is -0.515. The number of benzene rings is 2. The molecule has 3 rings (SSSR count). The van der Waals surface area contributed by atoms with Crippen molar-refractivity contribution in [3.05, 3.63) is 81.9 Å². The molecule has 0 bridgehead atoms. The van der Waals surface area contributed by atoms with E-state index in [-0.39, 0.29) is 30.9 Å². The van der Waals surface area contributed by atoms with Crippen LogP contribution in [0.25, 0.3) is 0 Å². The summed E-state index contributed by atoms with van der Waals surface area (Å²) >= 11 is 0. The first-order valence-corrected chi connectivity index (χ1v) is 13.5. The second-order valence-corrected chi connectivity index (χ2v) is 10.6. The maximum Gasteiger partial charge on any atom is 0.414 e. The van der Waals surface area contributed by atoms with E-state index < -0.39 is 34.0 Å². The Hall–Kier alpha value is -4.52. The van der Waals surface area contributed by atoms with Crippen molar-refractivity contribution in [3.63, 3.8) is 0 Å². The largest absolute Gasteiger partial charge is 0.480 e. The molecule has 39 heavy (non-hydrogen) atoms. The van der Waals surface area contributed by atoms with Crippen molar-refractivity contribution in [3.8, 4) is 5.75 Å². The smallest absolute Gasteiger partial charge is 0.414 e. The molecule has 13 heteroatoms. The molecule has 0 aromatic heterocycles. The standard InChI is InChI=1S/C26H31N5O7S/c1-17-5-4-6-19(13-17)29-25(34)28-12-11-27-22-15-39(36,37)16-23(22)30-21(24(32)33)14-18-7-9-20(10-8-18)38-26(35)31(2)3/h4-10,13,15-16,21,27,30H,11-12,14H2,1-3H3,(H,32,33)(H2,28,29,34). The molecular formula is C26H31N5O7S. The maximum absolute atomic E-state index is 12.2. The topological polar surface area (TPSA) is 166 Å².